The summed E-state index contributed by atoms with van der Waals surface area (Å²) in [4.78, 5) is 0. The minimum absolute atomic E-state index is 0.131. The molecule has 0 atom stereocenters. The van der Waals surface area contributed by atoms with Crippen LogP contribution in [0.4, 0.5) is 4.39 Å². The first kappa shape index (κ1) is 12.6. The van der Waals surface area contributed by atoms with E-state index in [4.69, 9.17) is 0 Å². The van der Waals surface area contributed by atoms with Crippen molar-refractivity contribution in [3.05, 3.63) is 72.2 Å². The van der Waals surface area contributed by atoms with Gasteiger partial charge in [0.25, 0.3) is 0 Å². The minimum atomic E-state index is -0.276. The fraction of sp³-hybridized carbons (Fsp3) is 0.0625. The minimum Gasteiger partial charge on any atom is -0.390 e. The Balaban J connectivity index is 2.15. The highest BCUT2D eigenvalue weighted by Gasteiger charge is 2.11. The summed E-state index contributed by atoms with van der Waals surface area (Å²) in [6, 6.07) is 17.7. The first-order valence-electron chi connectivity index (χ1n) is 6.29. The van der Waals surface area contributed by atoms with Crippen LogP contribution in [-0.4, -0.2) is 14.9 Å². The van der Waals surface area contributed by atoms with Crippen LogP contribution >= 0.6 is 0 Å². The number of nitrogens with zero attached hydrogens (tertiary/aromatic N) is 2. The number of aliphatic hydroxyl groups is 1. The van der Waals surface area contributed by atoms with Crippen molar-refractivity contribution in [2.75, 3.05) is 0 Å². The molecule has 3 nitrogen and oxygen atoms in total. The predicted octanol–water partition coefficient (Wildman–Crippen LogP) is 3.17. The molecule has 3 rings (SSSR count). The zero-order valence-electron chi connectivity index (χ0n) is 10.7. The molecule has 1 heterocycles. The molecule has 100 valence electrons. The molecule has 0 unspecified atom stereocenters. The van der Waals surface area contributed by atoms with Crippen LogP contribution in [0.3, 0.4) is 0 Å². The Labute approximate surface area is 115 Å². The summed E-state index contributed by atoms with van der Waals surface area (Å²) >= 11 is 0. The summed E-state index contributed by atoms with van der Waals surface area (Å²) < 4.78 is 14.8. The van der Waals surface area contributed by atoms with E-state index in [0.717, 1.165) is 16.9 Å². The fourth-order valence-electron chi connectivity index (χ4n) is 2.10. The molecule has 0 radical (unpaired) electrons. The molecule has 0 aliphatic carbocycles. The van der Waals surface area contributed by atoms with E-state index in [9.17, 15) is 9.50 Å². The van der Waals surface area contributed by atoms with Crippen molar-refractivity contribution in [2.24, 2.45) is 0 Å². The van der Waals surface area contributed by atoms with Crippen molar-refractivity contribution in [2.45, 2.75) is 6.61 Å². The quantitative estimate of drug-likeness (QED) is 0.792. The third-order valence-electron chi connectivity index (χ3n) is 3.06. The van der Waals surface area contributed by atoms with Gasteiger partial charge in [-0.3, -0.25) is 0 Å². The molecule has 0 aliphatic heterocycles. The van der Waals surface area contributed by atoms with Crippen LogP contribution in [0.15, 0.2) is 60.7 Å². The number of aromatic nitrogens is 2. The monoisotopic (exact) mass is 268 g/mol. The topological polar surface area (TPSA) is 38.0 Å². The van der Waals surface area contributed by atoms with E-state index < -0.39 is 0 Å². The number of hydrogen-bond acceptors (Lipinski definition) is 2. The third-order valence-corrected chi connectivity index (χ3v) is 3.06. The lowest BCUT2D eigenvalue weighted by atomic mass is 10.1. The summed E-state index contributed by atoms with van der Waals surface area (Å²) in [5, 5.41) is 13.6. The van der Waals surface area contributed by atoms with Gasteiger partial charge in [0.15, 0.2) is 0 Å². The van der Waals surface area contributed by atoms with Crippen LogP contribution in [0.25, 0.3) is 16.9 Å². The number of halogens is 1. The van der Waals surface area contributed by atoms with Gasteiger partial charge in [0, 0.05) is 5.56 Å². The Morgan fingerprint density at radius 2 is 1.70 bits per heavy atom. The number of hydrogen-bond donors (Lipinski definition) is 1. The van der Waals surface area contributed by atoms with Crippen molar-refractivity contribution in [3.63, 3.8) is 0 Å². The molecule has 0 saturated carbocycles. The highest BCUT2D eigenvalue weighted by Crippen LogP contribution is 2.24. The predicted molar refractivity (Wildman–Crippen MR) is 74.9 cm³/mol. The van der Waals surface area contributed by atoms with E-state index in [2.05, 4.69) is 5.10 Å². The van der Waals surface area contributed by atoms with Crippen LogP contribution in [0.2, 0.25) is 0 Å². The Morgan fingerprint density at radius 3 is 2.35 bits per heavy atom. The summed E-state index contributed by atoms with van der Waals surface area (Å²) in [5.41, 5.74) is 3.14. The molecule has 0 amide bonds. The SMILES string of the molecule is OCc1cc(-c2ccc(F)cc2)n(-c2ccccc2)n1. The van der Waals surface area contributed by atoms with Gasteiger partial charge in [-0.15, -0.1) is 0 Å². The number of para-hydroxylation sites is 1. The average Bonchev–Trinajstić information content (AvgIpc) is 2.93. The second-order valence-electron chi connectivity index (χ2n) is 4.43. The molecular weight excluding hydrogens is 255 g/mol. The maximum atomic E-state index is 13.0. The van der Waals surface area contributed by atoms with Crippen molar-refractivity contribution in [1.29, 1.82) is 0 Å². The first-order valence-corrected chi connectivity index (χ1v) is 6.29. The van der Waals surface area contributed by atoms with Crippen LogP contribution in [0.1, 0.15) is 5.69 Å². The van der Waals surface area contributed by atoms with Gasteiger partial charge in [-0.25, -0.2) is 9.07 Å². The molecule has 1 N–H and O–H groups in total. The molecule has 0 saturated heterocycles. The maximum absolute atomic E-state index is 13.0. The molecule has 20 heavy (non-hydrogen) atoms. The van der Waals surface area contributed by atoms with Gasteiger partial charge >= 0.3 is 0 Å². The summed E-state index contributed by atoms with van der Waals surface area (Å²) in [6.45, 7) is -0.131. The zero-order valence-corrected chi connectivity index (χ0v) is 10.7. The van der Waals surface area contributed by atoms with Crippen molar-refractivity contribution in [3.8, 4) is 16.9 Å². The third kappa shape index (κ3) is 2.33. The smallest absolute Gasteiger partial charge is 0.123 e. The number of rotatable bonds is 3. The Bertz CT molecular complexity index is 705. The summed E-state index contributed by atoms with van der Waals surface area (Å²) in [5.74, 6) is -0.276. The Hall–Kier alpha value is -2.46. The zero-order chi connectivity index (χ0) is 13.9. The van der Waals surface area contributed by atoms with Gasteiger partial charge in [0.05, 0.1) is 23.7 Å². The van der Waals surface area contributed by atoms with E-state index >= 15 is 0 Å². The van der Waals surface area contributed by atoms with Crippen molar-refractivity contribution >= 4 is 0 Å². The van der Waals surface area contributed by atoms with Gasteiger partial charge in [0.1, 0.15) is 5.82 Å². The fourth-order valence-corrected chi connectivity index (χ4v) is 2.10. The second kappa shape index (κ2) is 5.27. The van der Waals surface area contributed by atoms with Gasteiger partial charge in [-0.1, -0.05) is 18.2 Å². The van der Waals surface area contributed by atoms with Gasteiger partial charge in [0.2, 0.25) is 0 Å². The molecule has 4 heteroatoms. The van der Waals surface area contributed by atoms with Gasteiger partial charge in [-0.2, -0.15) is 5.10 Å². The standard InChI is InChI=1S/C16H13FN2O/c17-13-8-6-12(7-9-13)16-10-14(11-20)18-19(16)15-4-2-1-3-5-15/h1-10,20H,11H2. The molecule has 0 fully saturated rings. The van der Waals surface area contributed by atoms with Crippen LogP contribution in [0.5, 0.6) is 0 Å². The largest absolute Gasteiger partial charge is 0.390 e. The molecule has 0 aliphatic rings. The van der Waals surface area contributed by atoms with Crippen LogP contribution < -0.4 is 0 Å². The van der Waals surface area contributed by atoms with Crippen LogP contribution in [0, 0.1) is 5.82 Å². The molecular formula is C16H13FN2O. The second-order valence-corrected chi connectivity index (χ2v) is 4.43. The normalized spacial score (nSPS) is 10.7. The molecule has 3 aromatic rings. The van der Waals surface area contributed by atoms with Gasteiger partial charge in [-0.05, 0) is 42.5 Å². The molecule has 0 spiro atoms. The molecule has 1 aromatic heterocycles. The lowest BCUT2D eigenvalue weighted by Crippen LogP contribution is -1.99. The first-order chi connectivity index (χ1) is 9.78. The number of benzene rings is 2. The van der Waals surface area contributed by atoms with Gasteiger partial charge < -0.3 is 5.11 Å². The molecule has 2 aromatic carbocycles. The maximum Gasteiger partial charge on any atom is 0.123 e. The Morgan fingerprint density at radius 1 is 1.00 bits per heavy atom. The summed E-state index contributed by atoms with van der Waals surface area (Å²) in [6.07, 6.45) is 0. The van der Waals surface area contributed by atoms with E-state index in [1.807, 2.05) is 30.3 Å². The molecule has 0 bridgehead atoms. The lowest BCUT2D eigenvalue weighted by molar-refractivity contribution is 0.276. The van der Waals surface area contributed by atoms with Crippen LogP contribution in [-0.2, 0) is 6.61 Å². The van der Waals surface area contributed by atoms with E-state index in [1.165, 1.54) is 12.1 Å². The van der Waals surface area contributed by atoms with Crippen molar-refractivity contribution in [1.82, 2.24) is 9.78 Å². The highest BCUT2D eigenvalue weighted by atomic mass is 19.1. The summed E-state index contributed by atoms with van der Waals surface area (Å²) in [7, 11) is 0. The number of aliphatic hydroxyl groups excluding tert-OH is 1. The van der Waals surface area contributed by atoms with E-state index in [1.54, 1.807) is 22.9 Å². The van der Waals surface area contributed by atoms with Crippen molar-refractivity contribution < 1.29 is 9.50 Å². The highest BCUT2D eigenvalue weighted by molar-refractivity contribution is 5.62. The Kier molecular flexibility index (Phi) is 3.31. The van der Waals surface area contributed by atoms with E-state index in [-0.39, 0.29) is 12.4 Å². The van der Waals surface area contributed by atoms with E-state index in [0.29, 0.717) is 5.69 Å². The average molecular weight is 268 g/mol. The lowest BCUT2D eigenvalue weighted by Gasteiger charge is -2.07.